The zero-order valence-corrected chi connectivity index (χ0v) is 15.2. The molecule has 0 spiro atoms. The second-order valence-electron chi connectivity index (χ2n) is 7.46. The van der Waals surface area contributed by atoms with Crippen molar-refractivity contribution >= 4 is 5.82 Å². The number of likely N-dealkylation sites (N-methyl/N-ethyl adjacent to an activating group) is 1. The van der Waals surface area contributed by atoms with Crippen molar-refractivity contribution < 1.29 is 0 Å². The molecule has 5 nitrogen and oxygen atoms in total. The van der Waals surface area contributed by atoms with Crippen LogP contribution in [0.1, 0.15) is 48.7 Å². The van der Waals surface area contributed by atoms with Gasteiger partial charge in [0.2, 0.25) is 0 Å². The maximum Gasteiger partial charge on any atom is 0.133 e. The third kappa shape index (κ3) is 3.82. The third-order valence-corrected chi connectivity index (χ3v) is 5.48. The molecule has 2 fully saturated rings. The van der Waals surface area contributed by atoms with Crippen LogP contribution in [0.2, 0.25) is 0 Å². The van der Waals surface area contributed by atoms with Crippen LogP contribution < -0.4 is 4.90 Å². The molecule has 25 heavy (non-hydrogen) atoms. The summed E-state index contributed by atoms with van der Waals surface area (Å²) in [6.45, 7) is 5.30. The SMILES string of the molecule is Cc1cccnc1CN1CCCC(N(C)c2ccnc(C3CC3)n2)C1. The fourth-order valence-electron chi connectivity index (χ4n) is 3.67. The van der Waals surface area contributed by atoms with Crippen molar-refractivity contribution in [1.29, 1.82) is 0 Å². The Hall–Kier alpha value is -2.01. The summed E-state index contributed by atoms with van der Waals surface area (Å²) in [7, 11) is 2.18. The van der Waals surface area contributed by atoms with E-state index in [0.29, 0.717) is 12.0 Å². The van der Waals surface area contributed by atoms with Gasteiger partial charge in [-0.05, 0) is 56.8 Å². The number of anilines is 1. The molecule has 0 radical (unpaired) electrons. The lowest BCUT2D eigenvalue weighted by Gasteiger charge is -2.38. The van der Waals surface area contributed by atoms with Crippen molar-refractivity contribution in [1.82, 2.24) is 19.9 Å². The first kappa shape index (κ1) is 16.5. The molecule has 132 valence electrons. The predicted octanol–water partition coefficient (Wildman–Crippen LogP) is 3.16. The molecule has 2 aromatic rings. The van der Waals surface area contributed by atoms with Crippen LogP contribution in [-0.4, -0.2) is 46.0 Å². The summed E-state index contributed by atoms with van der Waals surface area (Å²) in [6.07, 6.45) is 8.75. The molecule has 4 rings (SSSR count). The van der Waals surface area contributed by atoms with Crippen LogP contribution in [0.4, 0.5) is 5.82 Å². The van der Waals surface area contributed by atoms with Gasteiger partial charge in [0, 0.05) is 44.5 Å². The van der Waals surface area contributed by atoms with E-state index in [2.05, 4.69) is 39.8 Å². The fraction of sp³-hybridized carbons (Fsp3) is 0.550. The van der Waals surface area contributed by atoms with E-state index >= 15 is 0 Å². The third-order valence-electron chi connectivity index (χ3n) is 5.48. The van der Waals surface area contributed by atoms with Gasteiger partial charge < -0.3 is 4.90 Å². The van der Waals surface area contributed by atoms with Gasteiger partial charge in [0.15, 0.2) is 0 Å². The Bertz CT molecular complexity index is 728. The van der Waals surface area contributed by atoms with Gasteiger partial charge in [-0.2, -0.15) is 0 Å². The van der Waals surface area contributed by atoms with Gasteiger partial charge in [0.25, 0.3) is 0 Å². The van der Waals surface area contributed by atoms with E-state index in [1.165, 1.54) is 36.9 Å². The summed E-state index contributed by atoms with van der Waals surface area (Å²) in [5.41, 5.74) is 2.48. The molecule has 0 bridgehead atoms. The van der Waals surface area contributed by atoms with Crippen molar-refractivity contribution in [2.75, 3.05) is 25.0 Å². The maximum absolute atomic E-state index is 4.82. The highest BCUT2D eigenvalue weighted by Crippen LogP contribution is 2.38. The highest BCUT2D eigenvalue weighted by molar-refractivity contribution is 5.38. The molecule has 1 aliphatic carbocycles. The van der Waals surface area contributed by atoms with Gasteiger partial charge in [-0.25, -0.2) is 9.97 Å². The summed E-state index contributed by atoms with van der Waals surface area (Å²) < 4.78 is 0. The normalized spacial score (nSPS) is 21.3. The molecule has 1 aliphatic heterocycles. The first-order valence-electron chi connectivity index (χ1n) is 9.39. The predicted molar refractivity (Wildman–Crippen MR) is 99.7 cm³/mol. The van der Waals surface area contributed by atoms with E-state index in [0.717, 1.165) is 31.3 Å². The van der Waals surface area contributed by atoms with Gasteiger partial charge in [-0.1, -0.05) is 6.07 Å². The molecule has 0 amide bonds. The largest absolute Gasteiger partial charge is 0.355 e. The minimum atomic E-state index is 0.500. The van der Waals surface area contributed by atoms with Gasteiger partial charge in [0.05, 0.1) is 5.69 Å². The van der Waals surface area contributed by atoms with Crippen LogP contribution in [-0.2, 0) is 6.54 Å². The number of hydrogen-bond donors (Lipinski definition) is 0. The number of pyridine rings is 1. The maximum atomic E-state index is 4.82. The van der Waals surface area contributed by atoms with E-state index < -0.39 is 0 Å². The van der Waals surface area contributed by atoms with E-state index in [-0.39, 0.29) is 0 Å². The highest BCUT2D eigenvalue weighted by Gasteiger charge is 2.28. The lowest BCUT2D eigenvalue weighted by molar-refractivity contribution is 0.196. The average Bonchev–Trinajstić information content (AvgIpc) is 3.49. The summed E-state index contributed by atoms with van der Waals surface area (Å²) >= 11 is 0. The zero-order valence-electron chi connectivity index (χ0n) is 15.2. The summed E-state index contributed by atoms with van der Waals surface area (Å²) in [5.74, 6) is 2.70. The van der Waals surface area contributed by atoms with Crippen molar-refractivity contribution in [3.8, 4) is 0 Å². The van der Waals surface area contributed by atoms with Gasteiger partial charge >= 0.3 is 0 Å². The number of aryl methyl sites for hydroxylation is 1. The number of hydrogen-bond acceptors (Lipinski definition) is 5. The Labute approximate surface area is 150 Å². The van der Waals surface area contributed by atoms with Crippen LogP contribution in [0.3, 0.4) is 0 Å². The quantitative estimate of drug-likeness (QED) is 0.838. The smallest absolute Gasteiger partial charge is 0.133 e. The average molecular weight is 337 g/mol. The first-order chi connectivity index (χ1) is 12.2. The Morgan fingerprint density at radius 1 is 1.16 bits per heavy atom. The number of nitrogens with zero attached hydrogens (tertiary/aromatic N) is 5. The van der Waals surface area contributed by atoms with Gasteiger partial charge in [0.1, 0.15) is 11.6 Å². The van der Waals surface area contributed by atoms with E-state index in [1.54, 1.807) is 0 Å². The lowest BCUT2D eigenvalue weighted by atomic mass is 10.0. The zero-order chi connectivity index (χ0) is 17.2. The topological polar surface area (TPSA) is 45.2 Å². The Morgan fingerprint density at radius 2 is 2.04 bits per heavy atom. The van der Waals surface area contributed by atoms with Crippen LogP contribution in [0.25, 0.3) is 0 Å². The van der Waals surface area contributed by atoms with E-state index in [1.807, 2.05) is 24.5 Å². The molecule has 0 N–H and O–H groups in total. The molecule has 1 unspecified atom stereocenters. The molecule has 2 aliphatic rings. The van der Waals surface area contributed by atoms with E-state index in [4.69, 9.17) is 4.98 Å². The number of likely N-dealkylation sites (tertiary alicyclic amines) is 1. The molecule has 3 heterocycles. The number of piperidine rings is 1. The van der Waals surface area contributed by atoms with E-state index in [9.17, 15) is 0 Å². The monoisotopic (exact) mass is 337 g/mol. The van der Waals surface area contributed by atoms with Crippen molar-refractivity contribution in [3.05, 3.63) is 47.7 Å². The minimum absolute atomic E-state index is 0.500. The van der Waals surface area contributed by atoms with Crippen LogP contribution in [0, 0.1) is 6.92 Å². The Morgan fingerprint density at radius 3 is 2.84 bits per heavy atom. The number of aromatic nitrogens is 3. The first-order valence-corrected chi connectivity index (χ1v) is 9.39. The van der Waals surface area contributed by atoms with Crippen molar-refractivity contribution in [2.24, 2.45) is 0 Å². The fourth-order valence-corrected chi connectivity index (χ4v) is 3.67. The lowest BCUT2D eigenvalue weighted by Crippen LogP contribution is -2.46. The second-order valence-corrected chi connectivity index (χ2v) is 7.46. The summed E-state index contributed by atoms with van der Waals surface area (Å²) in [4.78, 5) is 18.7. The molecule has 1 saturated carbocycles. The number of rotatable bonds is 5. The standard InChI is InChI=1S/C20H27N5/c1-15-5-3-10-21-18(15)14-25-12-4-6-17(13-25)24(2)19-9-11-22-20(23-19)16-7-8-16/h3,5,9-11,16-17H,4,6-8,12-14H2,1-2H3. The Kier molecular flexibility index (Phi) is 4.66. The molecule has 1 atom stereocenters. The van der Waals surface area contributed by atoms with Crippen molar-refractivity contribution in [3.63, 3.8) is 0 Å². The Balaban J connectivity index is 1.43. The van der Waals surface area contributed by atoms with Crippen LogP contribution in [0.5, 0.6) is 0 Å². The van der Waals surface area contributed by atoms with Crippen LogP contribution >= 0.6 is 0 Å². The highest BCUT2D eigenvalue weighted by atomic mass is 15.3. The second kappa shape index (κ2) is 7.08. The van der Waals surface area contributed by atoms with Gasteiger partial charge in [-0.15, -0.1) is 0 Å². The van der Waals surface area contributed by atoms with Gasteiger partial charge in [-0.3, -0.25) is 9.88 Å². The molecule has 1 saturated heterocycles. The molecular formula is C20H27N5. The summed E-state index contributed by atoms with van der Waals surface area (Å²) in [6, 6.07) is 6.71. The van der Waals surface area contributed by atoms with Crippen molar-refractivity contribution in [2.45, 2.75) is 51.1 Å². The molecular weight excluding hydrogens is 310 g/mol. The summed E-state index contributed by atoms with van der Waals surface area (Å²) in [5, 5.41) is 0. The minimum Gasteiger partial charge on any atom is -0.355 e. The van der Waals surface area contributed by atoms with Crippen LogP contribution in [0.15, 0.2) is 30.6 Å². The molecule has 5 heteroatoms. The molecule has 0 aromatic carbocycles. The molecule has 2 aromatic heterocycles.